The van der Waals surface area contributed by atoms with Crippen molar-refractivity contribution in [1.82, 2.24) is 25.4 Å². The van der Waals surface area contributed by atoms with Gasteiger partial charge in [-0.2, -0.15) is 5.10 Å². The van der Waals surface area contributed by atoms with E-state index in [0.717, 1.165) is 38.6 Å². The minimum Gasteiger partial charge on any atom is -0.316 e. The fourth-order valence-electron chi connectivity index (χ4n) is 2.88. The molecule has 1 fully saturated rings. The first-order valence-corrected chi connectivity index (χ1v) is 8.41. The maximum Gasteiger partial charge on any atom is 0.0798 e. The van der Waals surface area contributed by atoms with Crippen LogP contribution in [0.4, 0.5) is 0 Å². The van der Waals surface area contributed by atoms with E-state index in [0.29, 0.717) is 0 Å². The molecule has 1 saturated heterocycles. The molecular formula is C15H23N5S. The van der Waals surface area contributed by atoms with E-state index in [9.17, 15) is 0 Å². The molecule has 2 N–H and O–H groups in total. The molecule has 21 heavy (non-hydrogen) atoms. The third-order valence-corrected chi connectivity index (χ3v) is 5.14. The average Bonchev–Trinajstić information content (AvgIpc) is 3.17. The standard InChI is InChI=1S/C15H23N5S/c1-11-14(6-18-19-11)8-20(7-13-3-4-16-5-13)9-15-12(2)17-10-21-15/h6,10,13,16H,3-5,7-9H2,1-2H3,(H,18,19)/t13-/m0/s1. The van der Waals surface area contributed by atoms with E-state index in [1.54, 1.807) is 11.3 Å². The molecule has 0 aromatic carbocycles. The molecule has 1 aliphatic heterocycles. The second-order valence-corrected chi connectivity index (χ2v) is 6.85. The molecule has 2 aromatic heterocycles. The van der Waals surface area contributed by atoms with Crippen LogP contribution < -0.4 is 5.32 Å². The minimum atomic E-state index is 0.755. The van der Waals surface area contributed by atoms with Gasteiger partial charge in [-0.25, -0.2) is 4.98 Å². The molecule has 0 unspecified atom stereocenters. The molecule has 5 nitrogen and oxygen atoms in total. The lowest BCUT2D eigenvalue weighted by Gasteiger charge is -2.24. The smallest absolute Gasteiger partial charge is 0.0798 e. The van der Waals surface area contributed by atoms with Gasteiger partial charge in [-0.1, -0.05) is 0 Å². The normalized spacial score (nSPS) is 18.7. The summed E-state index contributed by atoms with van der Waals surface area (Å²) in [6, 6.07) is 0. The summed E-state index contributed by atoms with van der Waals surface area (Å²) in [7, 11) is 0. The lowest BCUT2D eigenvalue weighted by Crippen LogP contribution is -2.30. The zero-order chi connectivity index (χ0) is 14.7. The number of rotatable bonds is 6. The van der Waals surface area contributed by atoms with Crippen LogP contribution in [0.15, 0.2) is 11.7 Å². The highest BCUT2D eigenvalue weighted by atomic mass is 32.1. The van der Waals surface area contributed by atoms with E-state index >= 15 is 0 Å². The van der Waals surface area contributed by atoms with Gasteiger partial charge in [-0.3, -0.25) is 10.00 Å². The molecule has 1 aliphatic rings. The van der Waals surface area contributed by atoms with E-state index in [1.807, 2.05) is 11.7 Å². The lowest BCUT2D eigenvalue weighted by molar-refractivity contribution is 0.221. The monoisotopic (exact) mass is 305 g/mol. The minimum absolute atomic E-state index is 0.755. The Kier molecular flexibility index (Phi) is 4.67. The third kappa shape index (κ3) is 3.70. The summed E-state index contributed by atoms with van der Waals surface area (Å²) in [5.74, 6) is 0.755. The molecule has 0 amide bonds. The number of H-pyrrole nitrogens is 1. The van der Waals surface area contributed by atoms with Gasteiger partial charge in [0, 0.05) is 35.8 Å². The average molecular weight is 305 g/mol. The van der Waals surface area contributed by atoms with Crippen LogP contribution in [0.3, 0.4) is 0 Å². The van der Waals surface area contributed by atoms with E-state index in [-0.39, 0.29) is 0 Å². The van der Waals surface area contributed by atoms with Crippen molar-refractivity contribution in [2.75, 3.05) is 19.6 Å². The first-order chi connectivity index (χ1) is 10.2. The molecule has 0 spiro atoms. The van der Waals surface area contributed by atoms with E-state index < -0.39 is 0 Å². The van der Waals surface area contributed by atoms with Crippen molar-refractivity contribution in [1.29, 1.82) is 0 Å². The fraction of sp³-hybridized carbons (Fsp3) is 0.600. The Balaban J connectivity index is 1.70. The van der Waals surface area contributed by atoms with Gasteiger partial charge in [0.15, 0.2) is 0 Å². The Morgan fingerprint density at radius 1 is 1.38 bits per heavy atom. The summed E-state index contributed by atoms with van der Waals surface area (Å²) in [5.41, 5.74) is 5.58. The topological polar surface area (TPSA) is 56.8 Å². The number of nitrogens with one attached hydrogen (secondary N) is 2. The Bertz CT molecular complexity index is 528. The van der Waals surface area contributed by atoms with Crippen molar-refractivity contribution in [2.45, 2.75) is 33.4 Å². The number of thiazole rings is 1. The number of hydrogen-bond donors (Lipinski definition) is 2. The zero-order valence-corrected chi connectivity index (χ0v) is 13.5. The van der Waals surface area contributed by atoms with Crippen LogP contribution in [0.1, 0.15) is 28.2 Å². The Hall–Kier alpha value is -1.24. The van der Waals surface area contributed by atoms with E-state index in [4.69, 9.17) is 0 Å². The van der Waals surface area contributed by atoms with Crippen LogP contribution in [0.25, 0.3) is 0 Å². The highest BCUT2D eigenvalue weighted by Gasteiger charge is 2.20. The van der Waals surface area contributed by atoms with Gasteiger partial charge in [0.05, 0.1) is 17.4 Å². The van der Waals surface area contributed by atoms with E-state index in [2.05, 4.69) is 39.2 Å². The number of aryl methyl sites for hydroxylation is 2. The summed E-state index contributed by atoms with van der Waals surface area (Å²) in [4.78, 5) is 8.29. The summed E-state index contributed by atoms with van der Waals surface area (Å²) in [5, 5.41) is 10.6. The molecule has 0 saturated carbocycles. The maximum atomic E-state index is 4.38. The van der Waals surface area contributed by atoms with Crippen LogP contribution in [0.2, 0.25) is 0 Å². The molecule has 6 heteroatoms. The van der Waals surface area contributed by atoms with Gasteiger partial charge in [0.25, 0.3) is 0 Å². The van der Waals surface area contributed by atoms with E-state index in [1.165, 1.54) is 28.2 Å². The summed E-state index contributed by atoms with van der Waals surface area (Å²) < 4.78 is 0. The van der Waals surface area contributed by atoms with Gasteiger partial charge in [0.1, 0.15) is 0 Å². The first kappa shape index (κ1) is 14.7. The van der Waals surface area contributed by atoms with Crippen LogP contribution in [-0.4, -0.2) is 39.7 Å². The Morgan fingerprint density at radius 3 is 2.90 bits per heavy atom. The highest BCUT2D eigenvalue weighted by molar-refractivity contribution is 7.09. The van der Waals surface area contributed by atoms with Crippen molar-refractivity contribution in [3.8, 4) is 0 Å². The Morgan fingerprint density at radius 2 is 2.29 bits per heavy atom. The number of nitrogens with zero attached hydrogens (tertiary/aromatic N) is 3. The van der Waals surface area contributed by atoms with Crippen LogP contribution >= 0.6 is 11.3 Å². The van der Waals surface area contributed by atoms with Crippen molar-refractivity contribution in [3.05, 3.63) is 33.5 Å². The summed E-state index contributed by atoms with van der Waals surface area (Å²) in [6.45, 7) is 9.56. The van der Waals surface area contributed by atoms with Gasteiger partial charge >= 0.3 is 0 Å². The predicted molar refractivity (Wildman–Crippen MR) is 85.3 cm³/mol. The number of aromatic nitrogens is 3. The largest absolute Gasteiger partial charge is 0.316 e. The van der Waals surface area contributed by atoms with Gasteiger partial charge in [-0.05, 0) is 39.3 Å². The molecule has 3 heterocycles. The first-order valence-electron chi connectivity index (χ1n) is 7.53. The molecule has 2 aromatic rings. The van der Waals surface area contributed by atoms with Crippen molar-refractivity contribution in [3.63, 3.8) is 0 Å². The molecule has 0 bridgehead atoms. The van der Waals surface area contributed by atoms with Crippen LogP contribution in [0.5, 0.6) is 0 Å². The Labute approximate surface area is 129 Å². The second-order valence-electron chi connectivity index (χ2n) is 5.91. The second kappa shape index (κ2) is 6.68. The molecular weight excluding hydrogens is 282 g/mol. The molecule has 0 radical (unpaired) electrons. The molecule has 114 valence electrons. The van der Waals surface area contributed by atoms with Crippen LogP contribution in [0, 0.1) is 19.8 Å². The number of hydrogen-bond acceptors (Lipinski definition) is 5. The van der Waals surface area contributed by atoms with Crippen molar-refractivity contribution in [2.24, 2.45) is 5.92 Å². The van der Waals surface area contributed by atoms with Gasteiger partial charge in [-0.15, -0.1) is 11.3 Å². The maximum absolute atomic E-state index is 4.38. The highest BCUT2D eigenvalue weighted by Crippen LogP contribution is 2.20. The fourth-order valence-corrected chi connectivity index (χ4v) is 3.70. The SMILES string of the molecule is Cc1ncsc1CN(Cc1cn[nH]c1C)C[C@H]1CCNC1. The molecule has 3 rings (SSSR count). The quantitative estimate of drug-likeness (QED) is 0.858. The molecule has 1 atom stereocenters. The van der Waals surface area contributed by atoms with Gasteiger partial charge < -0.3 is 5.32 Å². The number of aromatic amines is 1. The molecule has 0 aliphatic carbocycles. The van der Waals surface area contributed by atoms with Crippen molar-refractivity contribution < 1.29 is 0 Å². The summed E-state index contributed by atoms with van der Waals surface area (Å²) in [6.07, 6.45) is 3.23. The summed E-state index contributed by atoms with van der Waals surface area (Å²) >= 11 is 1.76. The third-order valence-electron chi connectivity index (χ3n) is 4.22. The van der Waals surface area contributed by atoms with Crippen LogP contribution in [-0.2, 0) is 13.1 Å². The zero-order valence-electron chi connectivity index (χ0n) is 12.7. The van der Waals surface area contributed by atoms with Gasteiger partial charge in [0.2, 0.25) is 0 Å². The van der Waals surface area contributed by atoms with Crippen molar-refractivity contribution >= 4 is 11.3 Å². The lowest BCUT2D eigenvalue weighted by atomic mass is 10.1. The predicted octanol–water partition coefficient (Wildman–Crippen LogP) is 2.09.